The zero-order valence-electron chi connectivity index (χ0n) is 25.9. The number of aryl methyl sites for hydroxylation is 1. The first-order valence-electron chi connectivity index (χ1n) is 15.8. The van der Waals surface area contributed by atoms with E-state index in [1.54, 1.807) is 0 Å². The van der Waals surface area contributed by atoms with E-state index < -0.39 is 26.7 Å². The summed E-state index contributed by atoms with van der Waals surface area (Å²) < 4.78 is 30.7. The van der Waals surface area contributed by atoms with Gasteiger partial charge in [0.25, 0.3) is 8.32 Å². The fourth-order valence-corrected chi connectivity index (χ4v) is 11.7. The second-order valence-electron chi connectivity index (χ2n) is 13.1. The van der Waals surface area contributed by atoms with Crippen LogP contribution in [0.25, 0.3) is 10.9 Å². The third-order valence-electron chi connectivity index (χ3n) is 9.18. The molecule has 1 aliphatic rings. The van der Waals surface area contributed by atoms with Crippen LogP contribution in [0, 0.1) is 5.92 Å². The van der Waals surface area contributed by atoms with Gasteiger partial charge in [0.05, 0.1) is 24.3 Å². The average molecular weight is 604 g/mol. The fourth-order valence-electron chi connectivity index (χ4n) is 6.93. The molecule has 0 bridgehead atoms. The number of ether oxygens (including phenoxy) is 1. The van der Waals surface area contributed by atoms with E-state index in [9.17, 15) is 0 Å². The first kappa shape index (κ1) is 30.4. The Bertz CT molecular complexity index is 1600. The molecule has 0 N–H and O–H groups in total. The molecule has 0 radical (unpaired) electrons. The Balaban J connectivity index is 1.34. The Kier molecular flexibility index (Phi) is 9.08. The van der Waals surface area contributed by atoms with Crippen LogP contribution in [0.15, 0.2) is 128 Å². The highest BCUT2D eigenvalue weighted by atomic mass is 28.4. The van der Waals surface area contributed by atoms with Gasteiger partial charge in [-0.3, -0.25) is 4.98 Å². The summed E-state index contributed by atoms with van der Waals surface area (Å²) in [6, 6.07) is 41.6. The zero-order valence-corrected chi connectivity index (χ0v) is 26.9. The molecule has 1 aromatic heterocycles. The zero-order chi connectivity index (χ0) is 30.6. The number of aromatic nitrogens is 1. The summed E-state index contributed by atoms with van der Waals surface area (Å²) in [6.07, 6.45) is 1.76. The highest BCUT2D eigenvalue weighted by Crippen LogP contribution is 2.43. The Hall–Kier alpha value is -3.64. The van der Waals surface area contributed by atoms with E-state index in [0.717, 1.165) is 29.3 Å². The third-order valence-corrected chi connectivity index (χ3v) is 14.2. The van der Waals surface area contributed by atoms with E-state index >= 15 is 4.39 Å². The SMILES string of the molecule is CC(C)(C)[Si](O[C@@H]1[C@@H](CCc2ccc3cccnc3c2)C[C@H](OCc2ccccc2)[C@H]1F)(c1ccccc1)c1ccccc1. The lowest BCUT2D eigenvalue weighted by molar-refractivity contribution is -0.0200. The van der Waals surface area contributed by atoms with Gasteiger partial charge in [-0.15, -0.1) is 0 Å². The van der Waals surface area contributed by atoms with Crippen molar-refractivity contribution in [1.82, 2.24) is 4.98 Å². The minimum atomic E-state index is -2.96. The molecule has 0 saturated heterocycles. The first-order chi connectivity index (χ1) is 21.3. The van der Waals surface area contributed by atoms with Gasteiger partial charge in [0.1, 0.15) is 0 Å². The van der Waals surface area contributed by atoms with Gasteiger partial charge in [0.2, 0.25) is 0 Å². The molecule has 0 spiro atoms. The van der Waals surface area contributed by atoms with Crippen molar-refractivity contribution >= 4 is 29.6 Å². The summed E-state index contributed by atoms with van der Waals surface area (Å²) in [5, 5.41) is 3.22. The molecule has 0 amide bonds. The Morgan fingerprint density at radius 3 is 2.05 bits per heavy atom. The number of hydrogen-bond donors (Lipinski definition) is 0. The molecule has 5 heteroatoms. The van der Waals surface area contributed by atoms with Crippen LogP contribution in [0.4, 0.5) is 4.39 Å². The van der Waals surface area contributed by atoms with Crippen molar-refractivity contribution in [3.05, 3.63) is 139 Å². The van der Waals surface area contributed by atoms with Gasteiger partial charge >= 0.3 is 0 Å². The van der Waals surface area contributed by atoms with Crippen LogP contribution in [0.3, 0.4) is 0 Å². The summed E-state index contributed by atoms with van der Waals surface area (Å²) in [5.74, 6) is 0.00634. The molecule has 44 heavy (non-hydrogen) atoms. The van der Waals surface area contributed by atoms with E-state index in [1.165, 1.54) is 15.9 Å². The van der Waals surface area contributed by atoms with Gasteiger partial charge in [-0.05, 0) is 63.9 Å². The van der Waals surface area contributed by atoms with E-state index in [1.807, 2.05) is 54.7 Å². The van der Waals surface area contributed by atoms with Crippen molar-refractivity contribution in [3.8, 4) is 0 Å². The van der Waals surface area contributed by atoms with E-state index in [2.05, 4.69) is 98.6 Å². The molecule has 1 heterocycles. The second-order valence-corrected chi connectivity index (χ2v) is 17.3. The standard InChI is InChI=1S/C39H42FNO2Si/c1-39(2,3)44(33-17-9-5-10-18-33,34-19-11-6-12-20-34)43-38-32(24-22-29-21-23-31-16-13-25-41-35(31)26-29)27-36(37(38)40)42-28-30-14-7-4-8-15-30/h4-21,23,25-26,32,36-38H,22,24,27-28H2,1-3H3/t32-,36-,37+,38+/m0/s1. The molecule has 1 fully saturated rings. The number of halogens is 1. The summed E-state index contributed by atoms with van der Waals surface area (Å²) in [4.78, 5) is 4.56. The lowest BCUT2D eigenvalue weighted by Gasteiger charge is -2.46. The van der Waals surface area contributed by atoms with Crippen molar-refractivity contribution in [2.24, 2.45) is 5.92 Å². The van der Waals surface area contributed by atoms with Crippen LogP contribution in [-0.4, -0.2) is 31.7 Å². The molecule has 6 rings (SSSR count). The number of nitrogens with zero attached hydrogens (tertiary/aromatic N) is 1. The lowest BCUT2D eigenvalue weighted by Crippen LogP contribution is -2.68. The van der Waals surface area contributed by atoms with Gasteiger partial charge in [0, 0.05) is 11.6 Å². The second kappa shape index (κ2) is 13.2. The monoisotopic (exact) mass is 603 g/mol. The van der Waals surface area contributed by atoms with Crippen LogP contribution in [0.1, 0.15) is 44.7 Å². The Labute approximate surface area is 262 Å². The van der Waals surface area contributed by atoms with Gasteiger partial charge in [-0.1, -0.05) is 130 Å². The van der Waals surface area contributed by atoms with Crippen LogP contribution in [-0.2, 0) is 22.2 Å². The minimum Gasteiger partial charge on any atom is -0.401 e. The van der Waals surface area contributed by atoms with Gasteiger partial charge < -0.3 is 9.16 Å². The predicted octanol–water partition coefficient (Wildman–Crippen LogP) is 8.06. The van der Waals surface area contributed by atoms with Crippen LogP contribution < -0.4 is 10.4 Å². The molecule has 3 nitrogen and oxygen atoms in total. The van der Waals surface area contributed by atoms with Gasteiger partial charge in [0.15, 0.2) is 6.17 Å². The maximum Gasteiger partial charge on any atom is 0.261 e. The molecule has 226 valence electrons. The number of fused-ring (bicyclic) bond motifs is 1. The number of rotatable bonds is 10. The van der Waals surface area contributed by atoms with Crippen molar-refractivity contribution in [3.63, 3.8) is 0 Å². The van der Waals surface area contributed by atoms with Gasteiger partial charge in [-0.25, -0.2) is 4.39 Å². The van der Waals surface area contributed by atoms with Crippen molar-refractivity contribution in [1.29, 1.82) is 0 Å². The van der Waals surface area contributed by atoms with Crippen molar-refractivity contribution in [2.75, 3.05) is 0 Å². The summed E-state index contributed by atoms with van der Waals surface area (Å²) in [7, 11) is -2.96. The Morgan fingerprint density at radius 1 is 0.773 bits per heavy atom. The maximum absolute atomic E-state index is 16.9. The number of hydrogen-bond acceptors (Lipinski definition) is 3. The third kappa shape index (κ3) is 6.28. The molecule has 1 aliphatic carbocycles. The highest BCUT2D eigenvalue weighted by Gasteiger charge is 2.56. The van der Waals surface area contributed by atoms with Crippen molar-refractivity contribution < 1.29 is 13.6 Å². The van der Waals surface area contributed by atoms with Crippen LogP contribution >= 0.6 is 0 Å². The van der Waals surface area contributed by atoms with Crippen LogP contribution in [0.5, 0.6) is 0 Å². The fraction of sp³-hybridized carbons (Fsp3) is 0.308. The molecule has 1 saturated carbocycles. The summed E-state index contributed by atoms with van der Waals surface area (Å²) in [6.45, 7) is 7.15. The van der Waals surface area contributed by atoms with Crippen LogP contribution in [0.2, 0.25) is 5.04 Å². The topological polar surface area (TPSA) is 31.4 Å². The number of benzene rings is 4. The van der Waals surface area contributed by atoms with E-state index in [4.69, 9.17) is 9.16 Å². The van der Waals surface area contributed by atoms with Crippen molar-refractivity contribution in [2.45, 2.75) is 70.1 Å². The summed E-state index contributed by atoms with van der Waals surface area (Å²) in [5.41, 5.74) is 3.25. The highest BCUT2D eigenvalue weighted by molar-refractivity contribution is 6.99. The molecule has 4 aromatic carbocycles. The molecule has 0 unspecified atom stereocenters. The number of alkyl halides is 1. The maximum atomic E-state index is 16.9. The largest absolute Gasteiger partial charge is 0.401 e. The molecule has 4 atom stereocenters. The molecule has 5 aromatic rings. The minimum absolute atomic E-state index is 0.00634. The quantitative estimate of drug-likeness (QED) is 0.151. The first-order valence-corrected chi connectivity index (χ1v) is 17.7. The van der Waals surface area contributed by atoms with E-state index in [0.29, 0.717) is 13.0 Å². The van der Waals surface area contributed by atoms with E-state index in [-0.39, 0.29) is 11.0 Å². The molecular weight excluding hydrogens is 562 g/mol. The molecule has 0 aliphatic heterocycles. The summed E-state index contributed by atoms with van der Waals surface area (Å²) >= 11 is 0. The smallest absolute Gasteiger partial charge is 0.261 e. The number of pyridine rings is 1. The average Bonchev–Trinajstić information content (AvgIpc) is 3.35. The molecular formula is C39H42FNO2Si. The van der Waals surface area contributed by atoms with Gasteiger partial charge in [-0.2, -0.15) is 0 Å². The predicted molar refractivity (Wildman–Crippen MR) is 181 cm³/mol. The normalized spacial score (nSPS) is 20.6. The Morgan fingerprint density at radius 2 is 1.41 bits per heavy atom. The lowest BCUT2D eigenvalue weighted by atomic mass is 9.96.